The zero-order valence-corrected chi connectivity index (χ0v) is 10.7. The maximum Gasteiger partial charge on any atom is 0.0693 e. The van der Waals surface area contributed by atoms with Crippen molar-refractivity contribution < 1.29 is 5.11 Å². The van der Waals surface area contributed by atoms with Crippen LogP contribution in [0.15, 0.2) is 53.0 Å². The van der Waals surface area contributed by atoms with E-state index in [-0.39, 0.29) is 6.61 Å². The normalized spacial score (nSPS) is 11.2. The fraction of sp³-hybridized carbons (Fsp3) is 0.0667. The maximum atomic E-state index is 9.61. The summed E-state index contributed by atoms with van der Waals surface area (Å²) in [6.45, 7) is 0.0638. The summed E-state index contributed by atoms with van der Waals surface area (Å²) < 4.78 is 1.10. The molecule has 0 amide bonds. The SMILES string of the molecule is OCc1c2ccccc2c(Br)c2ccccc12. The molecule has 0 unspecified atom stereocenters. The van der Waals surface area contributed by atoms with Crippen molar-refractivity contribution in [3.05, 3.63) is 58.6 Å². The maximum absolute atomic E-state index is 9.61. The molecule has 3 aromatic carbocycles. The molecule has 0 saturated heterocycles. The van der Waals surface area contributed by atoms with E-state index in [4.69, 9.17) is 0 Å². The van der Waals surface area contributed by atoms with Gasteiger partial charge in [0, 0.05) is 4.47 Å². The number of rotatable bonds is 1. The van der Waals surface area contributed by atoms with Crippen LogP contribution in [0.25, 0.3) is 21.5 Å². The van der Waals surface area contributed by atoms with Gasteiger partial charge in [-0.3, -0.25) is 0 Å². The molecular formula is C15H11BrO. The van der Waals surface area contributed by atoms with Crippen molar-refractivity contribution in [1.82, 2.24) is 0 Å². The van der Waals surface area contributed by atoms with E-state index in [0.717, 1.165) is 31.6 Å². The molecule has 3 aromatic rings. The Bertz CT molecular complexity index is 647. The minimum atomic E-state index is 0.0638. The smallest absolute Gasteiger partial charge is 0.0693 e. The van der Waals surface area contributed by atoms with Gasteiger partial charge in [0.25, 0.3) is 0 Å². The van der Waals surface area contributed by atoms with Gasteiger partial charge < -0.3 is 5.11 Å². The molecule has 0 aromatic heterocycles. The average molecular weight is 287 g/mol. The highest BCUT2D eigenvalue weighted by Crippen LogP contribution is 2.36. The van der Waals surface area contributed by atoms with Gasteiger partial charge in [-0.2, -0.15) is 0 Å². The van der Waals surface area contributed by atoms with Crippen molar-refractivity contribution in [3.8, 4) is 0 Å². The Morgan fingerprint density at radius 3 is 1.59 bits per heavy atom. The molecule has 0 aliphatic carbocycles. The number of aliphatic hydroxyl groups excluding tert-OH is 1. The lowest BCUT2D eigenvalue weighted by Gasteiger charge is -2.11. The van der Waals surface area contributed by atoms with E-state index < -0.39 is 0 Å². The molecule has 0 aliphatic heterocycles. The highest BCUT2D eigenvalue weighted by atomic mass is 79.9. The van der Waals surface area contributed by atoms with Gasteiger partial charge >= 0.3 is 0 Å². The van der Waals surface area contributed by atoms with Crippen molar-refractivity contribution in [1.29, 1.82) is 0 Å². The van der Waals surface area contributed by atoms with E-state index in [2.05, 4.69) is 40.2 Å². The third-order valence-corrected chi connectivity index (χ3v) is 3.99. The van der Waals surface area contributed by atoms with E-state index in [1.807, 2.05) is 24.3 Å². The standard InChI is InChI=1S/C15H11BrO/c16-15-12-7-3-1-5-10(12)14(9-17)11-6-2-4-8-13(11)15/h1-8,17H,9H2. The van der Waals surface area contributed by atoms with E-state index in [1.165, 1.54) is 0 Å². The Morgan fingerprint density at radius 1 is 0.765 bits per heavy atom. The topological polar surface area (TPSA) is 20.2 Å². The van der Waals surface area contributed by atoms with E-state index >= 15 is 0 Å². The molecule has 0 fully saturated rings. The fourth-order valence-corrected chi connectivity index (χ4v) is 3.03. The number of hydrogen-bond acceptors (Lipinski definition) is 1. The second-order valence-electron chi connectivity index (χ2n) is 4.04. The Labute approximate surface area is 108 Å². The third kappa shape index (κ3) is 1.56. The van der Waals surface area contributed by atoms with Crippen molar-refractivity contribution in [3.63, 3.8) is 0 Å². The van der Waals surface area contributed by atoms with Crippen molar-refractivity contribution in [2.45, 2.75) is 6.61 Å². The molecule has 1 nitrogen and oxygen atoms in total. The molecule has 17 heavy (non-hydrogen) atoms. The van der Waals surface area contributed by atoms with Crippen molar-refractivity contribution >= 4 is 37.5 Å². The second kappa shape index (κ2) is 4.13. The molecule has 0 atom stereocenters. The quantitative estimate of drug-likeness (QED) is 0.663. The Morgan fingerprint density at radius 2 is 1.18 bits per heavy atom. The Balaban J connectivity index is 2.63. The average Bonchev–Trinajstić information content (AvgIpc) is 2.40. The summed E-state index contributed by atoms with van der Waals surface area (Å²) in [4.78, 5) is 0. The van der Waals surface area contributed by atoms with Gasteiger partial charge in [0.2, 0.25) is 0 Å². The van der Waals surface area contributed by atoms with E-state index in [9.17, 15) is 5.11 Å². The lowest BCUT2D eigenvalue weighted by molar-refractivity contribution is 0.285. The first kappa shape index (κ1) is 10.8. The Hall–Kier alpha value is -1.38. The van der Waals surface area contributed by atoms with Crippen LogP contribution in [0.5, 0.6) is 0 Å². The van der Waals surface area contributed by atoms with Crippen LogP contribution in [-0.2, 0) is 6.61 Å². The number of hydrogen-bond donors (Lipinski definition) is 1. The molecule has 0 bridgehead atoms. The van der Waals surface area contributed by atoms with Gasteiger partial charge in [-0.15, -0.1) is 0 Å². The first-order chi connectivity index (χ1) is 8.33. The zero-order valence-electron chi connectivity index (χ0n) is 9.15. The molecule has 3 rings (SSSR count). The number of aliphatic hydroxyl groups is 1. The van der Waals surface area contributed by atoms with Crippen molar-refractivity contribution in [2.75, 3.05) is 0 Å². The van der Waals surface area contributed by atoms with Crippen LogP contribution in [0.4, 0.5) is 0 Å². The summed E-state index contributed by atoms with van der Waals surface area (Å²) in [6, 6.07) is 16.3. The van der Waals surface area contributed by atoms with Crippen LogP contribution >= 0.6 is 15.9 Å². The summed E-state index contributed by atoms with van der Waals surface area (Å²) in [5.74, 6) is 0. The highest BCUT2D eigenvalue weighted by molar-refractivity contribution is 9.10. The van der Waals surface area contributed by atoms with Crippen molar-refractivity contribution in [2.24, 2.45) is 0 Å². The molecule has 0 heterocycles. The minimum absolute atomic E-state index is 0.0638. The third-order valence-electron chi connectivity index (χ3n) is 3.14. The van der Waals surface area contributed by atoms with Crippen LogP contribution < -0.4 is 0 Å². The predicted molar refractivity (Wildman–Crippen MR) is 75.1 cm³/mol. The molecule has 84 valence electrons. The van der Waals surface area contributed by atoms with Gasteiger partial charge in [-0.05, 0) is 43.0 Å². The van der Waals surface area contributed by atoms with Crippen LogP contribution in [0.2, 0.25) is 0 Å². The van der Waals surface area contributed by atoms with Crippen LogP contribution in [0.3, 0.4) is 0 Å². The number of benzene rings is 3. The lowest BCUT2D eigenvalue weighted by Crippen LogP contribution is -1.90. The number of fused-ring (bicyclic) bond motifs is 2. The fourth-order valence-electron chi connectivity index (χ4n) is 2.34. The summed E-state index contributed by atoms with van der Waals surface area (Å²) in [5, 5.41) is 14.1. The lowest BCUT2D eigenvalue weighted by atomic mass is 9.97. The Kier molecular flexibility index (Phi) is 2.61. The van der Waals surface area contributed by atoms with Gasteiger partial charge in [0.05, 0.1) is 6.61 Å². The molecule has 0 radical (unpaired) electrons. The zero-order chi connectivity index (χ0) is 11.8. The van der Waals surface area contributed by atoms with Gasteiger partial charge in [0.1, 0.15) is 0 Å². The first-order valence-corrected chi connectivity index (χ1v) is 6.31. The molecule has 0 aliphatic rings. The molecular weight excluding hydrogens is 276 g/mol. The molecule has 0 spiro atoms. The first-order valence-electron chi connectivity index (χ1n) is 5.51. The van der Waals surface area contributed by atoms with E-state index in [0.29, 0.717) is 0 Å². The van der Waals surface area contributed by atoms with Crippen LogP contribution in [-0.4, -0.2) is 5.11 Å². The number of halogens is 1. The van der Waals surface area contributed by atoms with Gasteiger partial charge in [0.15, 0.2) is 0 Å². The summed E-state index contributed by atoms with van der Waals surface area (Å²) in [7, 11) is 0. The van der Waals surface area contributed by atoms with Crippen LogP contribution in [0.1, 0.15) is 5.56 Å². The highest BCUT2D eigenvalue weighted by Gasteiger charge is 2.10. The summed E-state index contributed by atoms with van der Waals surface area (Å²) in [6.07, 6.45) is 0. The minimum Gasteiger partial charge on any atom is -0.392 e. The second-order valence-corrected chi connectivity index (χ2v) is 4.83. The predicted octanol–water partition coefficient (Wildman–Crippen LogP) is 4.25. The van der Waals surface area contributed by atoms with Gasteiger partial charge in [-0.25, -0.2) is 0 Å². The summed E-state index contributed by atoms with van der Waals surface area (Å²) >= 11 is 3.66. The largest absolute Gasteiger partial charge is 0.392 e. The van der Waals surface area contributed by atoms with Crippen LogP contribution in [0, 0.1) is 0 Å². The van der Waals surface area contributed by atoms with E-state index in [1.54, 1.807) is 0 Å². The molecule has 1 N–H and O–H groups in total. The molecule has 0 saturated carbocycles. The van der Waals surface area contributed by atoms with Gasteiger partial charge in [-0.1, -0.05) is 48.5 Å². The molecule has 2 heteroatoms. The monoisotopic (exact) mass is 286 g/mol. The summed E-state index contributed by atoms with van der Waals surface area (Å²) in [5.41, 5.74) is 0.999.